The van der Waals surface area contributed by atoms with Crippen LogP contribution in [-0.4, -0.2) is 46.4 Å². The number of methoxy groups -OCH3 is 1. The third-order valence-electron chi connectivity index (χ3n) is 3.34. The molecular formula is C13H17N3O3. The summed E-state index contributed by atoms with van der Waals surface area (Å²) < 4.78 is 4.66. The van der Waals surface area contributed by atoms with Gasteiger partial charge in [0.25, 0.3) is 5.91 Å². The number of hydrogen-bond acceptors (Lipinski definition) is 5. The molecule has 0 aromatic carbocycles. The molecular weight excluding hydrogens is 246 g/mol. The Labute approximate surface area is 111 Å². The summed E-state index contributed by atoms with van der Waals surface area (Å²) in [6.07, 6.45) is 8.40. The largest absolute Gasteiger partial charge is 0.468 e. The van der Waals surface area contributed by atoms with Crippen molar-refractivity contribution in [3.8, 4) is 0 Å². The van der Waals surface area contributed by atoms with Gasteiger partial charge >= 0.3 is 5.97 Å². The maximum absolute atomic E-state index is 12.4. The minimum absolute atomic E-state index is 0.0312. The van der Waals surface area contributed by atoms with Crippen LogP contribution in [0, 0.1) is 0 Å². The fraction of sp³-hybridized carbons (Fsp3) is 0.538. The Kier molecular flexibility index (Phi) is 4.43. The summed E-state index contributed by atoms with van der Waals surface area (Å²) in [5.74, 6) is -0.672. The highest BCUT2D eigenvalue weighted by Crippen LogP contribution is 2.24. The Morgan fingerprint density at radius 3 is 2.68 bits per heavy atom. The van der Waals surface area contributed by atoms with Gasteiger partial charge in [-0.25, -0.2) is 4.98 Å². The predicted molar refractivity (Wildman–Crippen MR) is 67.3 cm³/mol. The van der Waals surface area contributed by atoms with Crippen LogP contribution >= 0.6 is 0 Å². The Hall–Kier alpha value is -1.98. The normalized spacial score (nSPS) is 15.2. The molecule has 1 aliphatic rings. The first-order valence-corrected chi connectivity index (χ1v) is 6.36. The molecule has 1 aliphatic carbocycles. The summed E-state index contributed by atoms with van der Waals surface area (Å²) in [7, 11) is 1.32. The van der Waals surface area contributed by atoms with E-state index < -0.39 is 5.97 Å². The van der Waals surface area contributed by atoms with E-state index in [4.69, 9.17) is 0 Å². The second-order valence-corrected chi connectivity index (χ2v) is 4.54. The topological polar surface area (TPSA) is 72.4 Å². The average molecular weight is 263 g/mol. The molecule has 0 N–H and O–H groups in total. The molecule has 0 aliphatic heterocycles. The number of carbonyl (C=O) groups is 2. The van der Waals surface area contributed by atoms with Gasteiger partial charge in [-0.15, -0.1) is 0 Å². The zero-order valence-electron chi connectivity index (χ0n) is 10.9. The summed E-state index contributed by atoms with van der Waals surface area (Å²) in [5, 5.41) is 0. The number of amides is 1. The fourth-order valence-corrected chi connectivity index (χ4v) is 2.34. The van der Waals surface area contributed by atoms with Crippen molar-refractivity contribution in [2.45, 2.75) is 31.7 Å². The number of esters is 1. The van der Waals surface area contributed by atoms with Gasteiger partial charge in [0.1, 0.15) is 12.2 Å². The molecule has 0 spiro atoms. The smallest absolute Gasteiger partial charge is 0.325 e. The zero-order valence-corrected chi connectivity index (χ0v) is 10.9. The van der Waals surface area contributed by atoms with Crippen LogP contribution in [-0.2, 0) is 9.53 Å². The molecule has 0 bridgehead atoms. The van der Waals surface area contributed by atoms with E-state index in [0.29, 0.717) is 0 Å². The van der Waals surface area contributed by atoms with Gasteiger partial charge in [0.05, 0.1) is 13.3 Å². The molecule has 102 valence electrons. The second kappa shape index (κ2) is 6.26. The van der Waals surface area contributed by atoms with Gasteiger partial charge in [-0.3, -0.25) is 14.6 Å². The summed E-state index contributed by atoms with van der Waals surface area (Å²) in [4.78, 5) is 33.3. The van der Waals surface area contributed by atoms with Gasteiger partial charge in [-0.05, 0) is 12.8 Å². The molecule has 2 rings (SSSR count). The van der Waals surface area contributed by atoms with Crippen molar-refractivity contribution in [3.63, 3.8) is 0 Å². The van der Waals surface area contributed by atoms with Crippen molar-refractivity contribution in [1.82, 2.24) is 14.9 Å². The molecule has 1 aromatic heterocycles. The SMILES string of the molecule is COC(=O)CN(C(=O)c1cnccn1)C1CCCC1. The van der Waals surface area contributed by atoms with Crippen LogP contribution in [0.15, 0.2) is 18.6 Å². The lowest BCUT2D eigenvalue weighted by molar-refractivity contribution is -0.141. The van der Waals surface area contributed by atoms with Crippen LogP contribution in [0.4, 0.5) is 0 Å². The van der Waals surface area contributed by atoms with Crippen LogP contribution in [0.2, 0.25) is 0 Å². The van der Waals surface area contributed by atoms with Crippen molar-refractivity contribution in [2.24, 2.45) is 0 Å². The lowest BCUT2D eigenvalue weighted by atomic mass is 10.2. The minimum atomic E-state index is -0.413. The molecule has 1 aromatic rings. The summed E-state index contributed by atoms with van der Waals surface area (Å²) >= 11 is 0. The van der Waals surface area contributed by atoms with E-state index in [-0.39, 0.29) is 24.2 Å². The lowest BCUT2D eigenvalue weighted by Crippen LogP contribution is -2.43. The van der Waals surface area contributed by atoms with Crippen molar-refractivity contribution in [2.75, 3.05) is 13.7 Å². The van der Waals surface area contributed by atoms with Crippen LogP contribution in [0.5, 0.6) is 0 Å². The number of aromatic nitrogens is 2. The Balaban J connectivity index is 2.16. The third kappa shape index (κ3) is 3.27. The Bertz CT molecular complexity index is 444. The van der Waals surface area contributed by atoms with Crippen LogP contribution < -0.4 is 0 Å². The molecule has 0 unspecified atom stereocenters. The van der Waals surface area contributed by atoms with Crippen molar-refractivity contribution in [1.29, 1.82) is 0 Å². The molecule has 1 fully saturated rings. The monoisotopic (exact) mass is 263 g/mol. The van der Waals surface area contributed by atoms with E-state index in [1.54, 1.807) is 4.90 Å². The van der Waals surface area contributed by atoms with Gasteiger partial charge in [0, 0.05) is 18.4 Å². The number of nitrogens with zero attached hydrogens (tertiary/aromatic N) is 3. The van der Waals surface area contributed by atoms with E-state index in [9.17, 15) is 9.59 Å². The molecule has 0 radical (unpaired) electrons. The first-order valence-electron chi connectivity index (χ1n) is 6.36. The zero-order chi connectivity index (χ0) is 13.7. The Morgan fingerprint density at radius 2 is 2.11 bits per heavy atom. The molecule has 1 saturated carbocycles. The first kappa shape index (κ1) is 13.5. The van der Waals surface area contributed by atoms with E-state index in [2.05, 4.69) is 14.7 Å². The van der Waals surface area contributed by atoms with Crippen molar-refractivity contribution in [3.05, 3.63) is 24.3 Å². The van der Waals surface area contributed by atoms with E-state index in [1.807, 2.05) is 0 Å². The van der Waals surface area contributed by atoms with Crippen LogP contribution in [0.1, 0.15) is 36.2 Å². The van der Waals surface area contributed by atoms with Crippen LogP contribution in [0.25, 0.3) is 0 Å². The third-order valence-corrected chi connectivity index (χ3v) is 3.34. The van der Waals surface area contributed by atoms with Gasteiger partial charge in [-0.1, -0.05) is 12.8 Å². The highest BCUT2D eigenvalue weighted by molar-refractivity contribution is 5.94. The summed E-state index contributed by atoms with van der Waals surface area (Å²) in [6, 6.07) is 0.0913. The number of hydrogen-bond donors (Lipinski definition) is 0. The highest BCUT2D eigenvalue weighted by Gasteiger charge is 2.30. The van der Waals surface area contributed by atoms with Gasteiger partial charge < -0.3 is 9.64 Å². The molecule has 6 heteroatoms. The van der Waals surface area contributed by atoms with Gasteiger partial charge in [-0.2, -0.15) is 0 Å². The average Bonchev–Trinajstić information content (AvgIpc) is 2.98. The quantitative estimate of drug-likeness (QED) is 0.759. The number of rotatable bonds is 4. The molecule has 1 heterocycles. The molecule has 1 amide bonds. The summed E-state index contributed by atoms with van der Waals surface area (Å²) in [6.45, 7) is -0.0312. The molecule has 0 saturated heterocycles. The Morgan fingerprint density at radius 1 is 1.37 bits per heavy atom. The van der Waals surface area contributed by atoms with E-state index in [1.165, 1.54) is 25.7 Å². The first-order chi connectivity index (χ1) is 9.22. The minimum Gasteiger partial charge on any atom is -0.468 e. The molecule has 0 atom stereocenters. The molecule has 19 heavy (non-hydrogen) atoms. The second-order valence-electron chi connectivity index (χ2n) is 4.54. The van der Waals surface area contributed by atoms with Crippen molar-refractivity contribution < 1.29 is 14.3 Å². The number of ether oxygens (including phenoxy) is 1. The van der Waals surface area contributed by atoms with Crippen LogP contribution in [0.3, 0.4) is 0 Å². The predicted octanol–water partition coefficient (Wildman–Crippen LogP) is 1.03. The summed E-state index contributed by atoms with van der Waals surface area (Å²) in [5.41, 5.74) is 0.262. The van der Waals surface area contributed by atoms with Gasteiger partial charge in [0.15, 0.2) is 0 Å². The molecule has 6 nitrogen and oxygen atoms in total. The fourth-order valence-electron chi connectivity index (χ4n) is 2.34. The van der Waals surface area contributed by atoms with E-state index >= 15 is 0 Å². The maximum atomic E-state index is 12.4. The lowest BCUT2D eigenvalue weighted by Gasteiger charge is -2.27. The standard InChI is InChI=1S/C13H17N3O3/c1-19-12(17)9-16(10-4-2-3-5-10)13(18)11-8-14-6-7-15-11/h6-8,10H,2-5,9H2,1H3. The van der Waals surface area contributed by atoms with Crippen molar-refractivity contribution >= 4 is 11.9 Å². The van der Waals surface area contributed by atoms with E-state index in [0.717, 1.165) is 25.7 Å². The number of carbonyl (C=O) groups excluding carboxylic acids is 2. The highest BCUT2D eigenvalue weighted by atomic mass is 16.5. The maximum Gasteiger partial charge on any atom is 0.325 e. The van der Waals surface area contributed by atoms with Gasteiger partial charge in [0.2, 0.25) is 0 Å².